The minimum absolute atomic E-state index is 0.378. The molecule has 0 aromatic rings. The molecule has 11 heteroatoms. The summed E-state index contributed by atoms with van der Waals surface area (Å²) in [6.45, 7) is 0.778. The van der Waals surface area contributed by atoms with Crippen LogP contribution >= 0.6 is 27.1 Å². The summed E-state index contributed by atoms with van der Waals surface area (Å²) in [5, 5.41) is 0. The number of hydrogen-bond acceptors (Lipinski definition) is 4. The van der Waals surface area contributed by atoms with Crippen LogP contribution in [0, 0.1) is 0 Å². The second kappa shape index (κ2) is 5.36. The molecule has 0 aromatic carbocycles. The molecule has 4 N–H and O–H groups in total. The zero-order chi connectivity index (χ0) is 14.2. The van der Waals surface area contributed by atoms with E-state index in [0.717, 1.165) is 0 Å². The summed E-state index contributed by atoms with van der Waals surface area (Å²) in [7, 11) is -6.02. The normalized spacial score (nSPS) is 21.5. The van der Waals surface area contributed by atoms with E-state index in [0.29, 0.717) is 29.6 Å². The molecule has 1 rings (SSSR count). The summed E-state index contributed by atoms with van der Waals surface area (Å²) < 4.78 is 22.2. The molecule has 8 nitrogen and oxygen atoms in total. The third kappa shape index (κ3) is 4.77. The van der Waals surface area contributed by atoms with Crippen molar-refractivity contribution in [2.24, 2.45) is 0 Å². The maximum absolute atomic E-state index is 11.1. The molecule has 1 aliphatic rings. The van der Waals surface area contributed by atoms with Crippen molar-refractivity contribution in [3.63, 3.8) is 0 Å². The quantitative estimate of drug-likeness (QED) is 0.328. The van der Waals surface area contributed by atoms with Crippen molar-refractivity contribution in [1.29, 1.82) is 0 Å². The lowest BCUT2D eigenvalue weighted by molar-refractivity contribution is -0.849. The van der Waals surface area contributed by atoms with Crippen molar-refractivity contribution in [3.8, 4) is 0 Å². The Morgan fingerprint density at radius 2 is 1.72 bits per heavy atom. The number of quaternary nitrogens is 1. The van der Waals surface area contributed by atoms with Crippen LogP contribution in [0.1, 0.15) is 0 Å². The van der Waals surface area contributed by atoms with Gasteiger partial charge in [-0.3, -0.25) is 13.6 Å². The van der Waals surface area contributed by atoms with Crippen molar-refractivity contribution in [2.75, 3.05) is 27.3 Å². The van der Waals surface area contributed by atoms with Gasteiger partial charge in [0, 0.05) is 6.54 Å². The van der Waals surface area contributed by atoms with E-state index in [1.807, 2.05) is 20.3 Å². The number of nitrogens with zero attached hydrogens (tertiary/aromatic N) is 2. The number of rotatable bonds is 4. The van der Waals surface area contributed by atoms with Gasteiger partial charge in [-0.05, 0) is 18.0 Å². The summed E-state index contributed by atoms with van der Waals surface area (Å²) >= 11 is 0.522. The lowest BCUT2D eigenvalue weighted by Crippen LogP contribution is -2.45. The Balaban J connectivity index is 2.84. The summed E-state index contributed by atoms with van der Waals surface area (Å²) in [6.07, 6.45) is 3.69. The predicted molar refractivity (Wildman–Crippen MR) is 68.3 cm³/mol. The van der Waals surface area contributed by atoms with Crippen molar-refractivity contribution in [3.05, 3.63) is 12.3 Å². The molecule has 1 aliphatic heterocycles. The average molecular weight is 319 g/mol. The second-order valence-corrected chi connectivity index (χ2v) is 10.3. The molecule has 0 saturated heterocycles. The maximum atomic E-state index is 11.1. The maximum Gasteiger partial charge on any atom is 0.352 e. The Morgan fingerprint density at radius 1 is 1.22 bits per heavy atom. The zero-order valence-electron chi connectivity index (χ0n) is 9.95. The van der Waals surface area contributed by atoms with E-state index < -0.39 is 19.9 Å². The molecule has 0 radical (unpaired) electrons. The van der Waals surface area contributed by atoms with Gasteiger partial charge >= 0.3 is 15.2 Å². The summed E-state index contributed by atoms with van der Waals surface area (Å²) in [4.78, 5) is 36.1. The molecule has 0 bridgehead atoms. The minimum Gasteiger partial charge on any atom is -0.323 e. The van der Waals surface area contributed by atoms with E-state index >= 15 is 0 Å². The summed E-state index contributed by atoms with van der Waals surface area (Å²) in [5.74, 6) is 0. The smallest absolute Gasteiger partial charge is 0.323 e. The molecular weight excluding hydrogens is 302 g/mol. The van der Waals surface area contributed by atoms with E-state index in [1.165, 1.54) is 4.31 Å². The monoisotopic (exact) mass is 319 g/mol. The fourth-order valence-electron chi connectivity index (χ4n) is 1.49. The first-order chi connectivity index (χ1) is 7.92. The number of hydrogen-bond donors (Lipinski definition) is 4. The SMILES string of the molecule is C[N+]1(C)C=CCN(SC(P(=O)(O)O)P(=O)(O)O)C1. The van der Waals surface area contributed by atoms with Crippen LogP contribution in [0.5, 0.6) is 0 Å². The molecule has 1 heterocycles. The molecule has 0 fully saturated rings. The molecule has 0 aliphatic carbocycles. The highest BCUT2D eigenvalue weighted by Crippen LogP contribution is 2.65. The molecule has 0 amide bonds. The van der Waals surface area contributed by atoms with Crippen molar-refractivity contribution in [2.45, 2.75) is 4.73 Å². The van der Waals surface area contributed by atoms with Gasteiger partial charge in [0.25, 0.3) is 0 Å². The molecule has 0 spiro atoms. The standard InChI is InChI=1S/C7H16N2O6P2S/c1-9(2)5-3-4-8(6-9)18-7(16(10,11)12)17(13,14)15/h3,5,7H,4,6H2,1-2H3,(H3-,10,11,12,13,14,15)/p+1. The molecule has 0 unspecified atom stereocenters. The molecule has 0 saturated carbocycles. The van der Waals surface area contributed by atoms with E-state index in [9.17, 15) is 9.13 Å². The minimum atomic E-state index is -4.88. The highest BCUT2D eigenvalue weighted by atomic mass is 32.2. The van der Waals surface area contributed by atoms with Gasteiger partial charge in [0.15, 0.2) is 0 Å². The summed E-state index contributed by atoms with van der Waals surface area (Å²) in [5.41, 5.74) is 0. The first-order valence-electron chi connectivity index (χ1n) is 4.94. The highest BCUT2D eigenvalue weighted by molar-refractivity contribution is 8.10. The van der Waals surface area contributed by atoms with Gasteiger partial charge in [-0.1, -0.05) is 0 Å². The average Bonchev–Trinajstić information content (AvgIpc) is 2.09. The first-order valence-corrected chi connectivity index (χ1v) is 9.14. The molecule has 0 aromatic heterocycles. The van der Waals surface area contributed by atoms with Crippen LogP contribution in [0.2, 0.25) is 0 Å². The first kappa shape index (κ1) is 16.4. The van der Waals surface area contributed by atoms with Gasteiger partial charge < -0.3 is 19.6 Å². The van der Waals surface area contributed by atoms with E-state index in [4.69, 9.17) is 19.6 Å². The van der Waals surface area contributed by atoms with Crippen molar-refractivity contribution in [1.82, 2.24) is 4.31 Å². The Labute approximate surface area is 109 Å². The Bertz CT molecular complexity index is 408. The Kier molecular flexibility index (Phi) is 4.87. The topological polar surface area (TPSA) is 118 Å². The lowest BCUT2D eigenvalue weighted by Gasteiger charge is -2.35. The van der Waals surface area contributed by atoms with Gasteiger partial charge in [-0.25, -0.2) is 0 Å². The van der Waals surface area contributed by atoms with E-state index in [-0.39, 0.29) is 0 Å². The van der Waals surface area contributed by atoms with Crippen LogP contribution in [-0.2, 0) is 9.13 Å². The highest BCUT2D eigenvalue weighted by Gasteiger charge is 2.46. The fourth-order valence-corrected chi connectivity index (χ4v) is 5.64. The van der Waals surface area contributed by atoms with Crippen LogP contribution in [0.15, 0.2) is 12.3 Å². The Hall–Kier alpha value is 0.310. The van der Waals surface area contributed by atoms with Crippen LogP contribution < -0.4 is 0 Å². The molecular formula is C7H17N2O6P2S+. The fraction of sp³-hybridized carbons (Fsp3) is 0.714. The Morgan fingerprint density at radius 3 is 2.11 bits per heavy atom. The van der Waals surface area contributed by atoms with E-state index in [1.54, 1.807) is 6.08 Å². The van der Waals surface area contributed by atoms with Crippen LogP contribution in [0.3, 0.4) is 0 Å². The van der Waals surface area contributed by atoms with Gasteiger partial charge in [-0.2, -0.15) is 4.31 Å². The lowest BCUT2D eigenvalue weighted by atomic mass is 10.4. The van der Waals surface area contributed by atoms with E-state index in [2.05, 4.69) is 0 Å². The largest absolute Gasteiger partial charge is 0.352 e. The van der Waals surface area contributed by atoms with Gasteiger partial charge in [0.2, 0.25) is 4.73 Å². The summed E-state index contributed by atoms with van der Waals surface area (Å²) in [6, 6.07) is 0. The van der Waals surface area contributed by atoms with Crippen LogP contribution in [0.25, 0.3) is 0 Å². The third-order valence-corrected chi connectivity index (χ3v) is 8.08. The van der Waals surface area contributed by atoms with Gasteiger partial charge in [0.05, 0.1) is 20.3 Å². The zero-order valence-corrected chi connectivity index (χ0v) is 12.6. The molecule has 0 atom stereocenters. The van der Waals surface area contributed by atoms with Crippen LogP contribution in [0.4, 0.5) is 0 Å². The molecule has 18 heavy (non-hydrogen) atoms. The predicted octanol–water partition coefficient (Wildman–Crippen LogP) is 0.137. The van der Waals surface area contributed by atoms with Crippen molar-refractivity contribution >= 4 is 27.1 Å². The van der Waals surface area contributed by atoms with Gasteiger partial charge in [-0.15, -0.1) is 0 Å². The second-order valence-electron chi connectivity index (χ2n) is 4.58. The third-order valence-electron chi connectivity index (χ3n) is 2.16. The van der Waals surface area contributed by atoms with Crippen LogP contribution in [-0.4, -0.2) is 60.4 Å². The van der Waals surface area contributed by atoms with Gasteiger partial charge in [0.1, 0.15) is 6.67 Å². The molecule has 106 valence electrons. The van der Waals surface area contributed by atoms with Crippen molar-refractivity contribution < 1.29 is 33.2 Å².